The molecule has 2 unspecified atom stereocenters. The number of fused-ring (bicyclic) bond motifs is 1. The number of para-hydroxylation sites is 3. The summed E-state index contributed by atoms with van der Waals surface area (Å²) in [6.07, 6.45) is 0. The van der Waals surface area contributed by atoms with E-state index in [-0.39, 0.29) is 12.1 Å². The van der Waals surface area contributed by atoms with E-state index in [0.29, 0.717) is 0 Å². The van der Waals surface area contributed by atoms with Crippen molar-refractivity contribution in [1.82, 2.24) is 29.9 Å². The molecule has 0 radical (unpaired) electrons. The highest BCUT2D eigenvalue weighted by molar-refractivity contribution is 5.76. The third kappa shape index (κ3) is 3.59. The van der Waals surface area contributed by atoms with E-state index >= 15 is 0 Å². The SMILES string of the molecule is Cc1c(C(C)NC(c2ccccc2)c2nc3ccccc3n2C)nnn1-c1ccccc1. The van der Waals surface area contributed by atoms with Gasteiger partial charge in [0.15, 0.2) is 0 Å². The van der Waals surface area contributed by atoms with Crippen molar-refractivity contribution in [2.24, 2.45) is 7.05 Å². The molecule has 0 aliphatic heterocycles. The second kappa shape index (κ2) is 8.40. The van der Waals surface area contributed by atoms with Gasteiger partial charge in [-0.15, -0.1) is 5.10 Å². The molecule has 6 heteroatoms. The van der Waals surface area contributed by atoms with Crippen molar-refractivity contribution < 1.29 is 0 Å². The summed E-state index contributed by atoms with van der Waals surface area (Å²) in [6, 6.07) is 28.6. The molecule has 0 aliphatic carbocycles. The molecule has 0 spiro atoms. The number of nitrogens with one attached hydrogen (secondary N) is 1. The van der Waals surface area contributed by atoms with Crippen molar-refractivity contribution in [3.8, 4) is 5.69 Å². The number of imidazole rings is 1. The van der Waals surface area contributed by atoms with Crippen LogP contribution in [-0.4, -0.2) is 24.5 Å². The van der Waals surface area contributed by atoms with E-state index in [1.807, 2.05) is 53.2 Å². The predicted octanol–water partition coefficient (Wildman–Crippen LogP) is 4.90. The minimum absolute atomic E-state index is 0.0301. The Morgan fingerprint density at radius 3 is 2.22 bits per heavy atom. The molecule has 3 aromatic carbocycles. The maximum Gasteiger partial charge on any atom is 0.131 e. The van der Waals surface area contributed by atoms with Crippen LogP contribution < -0.4 is 5.32 Å². The number of hydrogen-bond acceptors (Lipinski definition) is 4. The van der Waals surface area contributed by atoms with Gasteiger partial charge in [0, 0.05) is 7.05 Å². The fraction of sp³-hybridized carbons (Fsp3) is 0.192. The van der Waals surface area contributed by atoms with E-state index < -0.39 is 0 Å². The Morgan fingerprint density at radius 2 is 1.50 bits per heavy atom. The molecule has 1 N–H and O–H groups in total. The van der Waals surface area contributed by atoms with E-state index in [1.54, 1.807) is 0 Å². The molecule has 6 nitrogen and oxygen atoms in total. The van der Waals surface area contributed by atoms with Crippen LogP contribution in [0.3, 0.4) is 0 Å². The van der Waals surface area contributed by atoms with Gasteiger partial charge in [-0.25, -0.2) is 9.67 Å². The minimum Gasteiger partial charge on any atom is -0.330 e. The van der Waals surface area contributed by atoms with Crippen molar-refractivity contribution >= 4 is 11.0 Å². The van der Waals surface area contributed by atoms with E-state index in [2.05, 4.69) is 77.5 Å². The fourth-order valence-corrected chi connectivity index (χ4v) is 4.27. The van der Waals surface area contributed by atoms with Gasteiger partial charge in [0.2, 0.25) is 0 Å². The fourth-order valence-electron chi connectivity index (χ4n) is 4.27. The van der Waals surface area contributed by atoms with Gasteiger partial charge in [-0.3, -0.25) is 5.32 Å². The van der Waals surface area contributed by atoms with Crippen LogP contribution >= 0.6 is 0 Å². The van der Waals surface area contributed by atoms with Gasteiger partial charge in [0.25, 0.3) is 0 Å². The molecular weight excluding hydrogens is 396 g/mol. The molecule has 0 aliphatic rings. The Morgan fingerprint density at radius 1 is 0.844 bits per heavy atom. The number of rotatable bonds is 6. The lowest BCUT2D eigenvalue weighted by Crippen LogP contribution is -2.28. The summed E-state index contributed by atoms with van der Waals surface area (Å²) in [6.45, 7) is 4.19. The monoisotopic (exact) mass is 422 g/mol. The Balaban J connectivity index is 1.52. The smallest absolute Gasteiger partial charge is 0.131 e. The molecule has 160 valence electrons. The number of hydrogen-bond donors (Lipinski definition) is 1. The first-order chi connectivity index (χ1) is 15.6. The second-order valence-electron chi connectivity index (χ2n) is 8.06. The highest BCUT2D eigenvalue weighted by atomic mass is 15.4. The molecule has 0 fully saturated rings. The molecule has 5 aromatic rings. The van der Waals surface area contributed by atoms with Crippen molar-refractivity contribution in [2.45, 2.75) is 25.9 Å². The van der Waals surface area contributed by atoms with Crippen LogP contribution in [0.15, 0.2) is 84.9 Å². The number of aryl methyl sites for hydroxylation is 1. The number of nitrogens with zero attached hydrogens (tertiary/aromatic N) is 5. The van der Waals surface area contributed by atoms with E-state index in [0.717, 1.165) is 39.5 Å². The van der Waals surface area contributed by atoms with Crippen LogP contribution in [0.5, 0.6) is 0 Å². The zero-order chi connectivity index (χ0) is 22.1. The Labute approximate surface area is 187 Å². The molecule has 0 amide bonds. The summed E-state index contributed by atoms with van der Waals surface area (Å²) in [5.74, 6) is 0.970. The quantitative estimate of drug-likeness (QED) is 0.423. The molecule has 2 aromatic heterocycles. The lowest BCUT2D eigenvalue weighted by molar-refractivity contribution is 0.481. The molecule has 0 saturated heterocycles. The van der Waals surface area contributed by atoms with Gasteiger partial charge in [-0.1, -0.05) is 65.9 Å². The number of aromatic nitrogens is 5. The Hall–Kier alpha value is -3.77. The van der Waals surface area contributed by atoms with E-state index in [1.165, 1.54) is 0 Å². The second-order valence-corrected chi connectivity index (χ2v) is 8.06. The standard InChI is InChI=1S/C26H26N6/c1-18(24-19(2)32(30-29-24)21-14-8-5-9-15-21)27-25(20-12-6-4-7-13-20)26-28-22-16-10-11-17-23(22)31(26)3/h4-18,25,27H,1-3H3. The van der Waals surface area contributed by atoms with Crippen LogP contribution in [0.4, 0.5) is 0 Å². The van der Waals surface area contributed by atoms with Crippen molar-refractivity contribution in [1.29, 1.82) is 0 Å². The first kappa shape index (κ1) is 20.2. The minimum atomic E-state index is -0.0927. The molecule has 2 atom stereocenters. The van der Waals surface area contributed by atoms with Gasteiger partial charge >= 0.3 is 0 Å². The van der Waals surface area contributed by atoms with Crippen LogP contribution in [0.25, 0.3) is 16.7 Å². The highest BCUT2D eigenvalue weighted by Crippen LogP contribution is 2.28. The van der Waals surface area contributed by atoms with Gasteiger partial charge in [0.05, 0.1) is 34.5 Å². The topological polar surface area (TPSA) is 60.6 Å². The molecule has 0 bridgehead atoms. The summed E-state index contributed by atoms with van der Waals surface area (Å²) in [5, 5.41) is 12.7. The lowest BCUT2D eigenvalue weighted by Gasteiger charge is -2.23. The van der Waals surface area contributed by atoms with Crippen molar-refractivity contribution in [2.75, 3.05) is 0 Å². The van der Waals surface area contributed by atoms with Gasteiger partial charge in [-0.2, -0.15) is 0 Å². The summed E-state index contributed by atoms with van der Waals surface area (Å²) in [5.41, 5.74) is 6.22. The van der Waals surface area contributed by atoms with Gasteiger partial charge in [-0.05, 0) is 43.7 Å². The first-order valence-electron chi connectivity index (χ1n) is 10.8. The maximum atomic E-state index is 4.97. The third-order valence-corrected chi connectivity index (χ3v) is 5.97. The summed E-state index contributed by atoms with van der Waals surface area (Å²) in [7, 11) is 2.07. The van der Waals surface area contributed by atoms with Crippen molar-refractivity contribution in [3.05, 3.63) is 108 Å². The van der Waals surface area contributed by atoms with Gasteiger partial charge < -0.3 is 4.57 Å². The normalized spacial score (nSPS) is 13.3. The predicted molar refractivity (Wildman–Crippen MR) is 127 cm³/mol. The highest BCUT2D eigenvalue weighted by Gasteiger charge is 2.25. The lowest BCUT2D eigenvalue weighted by atomic mass is 10.0. The average Bonchev–Trinajstić information content (AvgIpc) is 3.38. The summed E-state index contributed by atoms with van der Waals surface area (Å²) < 4.78 is 4.06. The molecule has 32 heavy (non-hydrogen) atoms. The molecular formula is C26H26N6. The van der Waals surface area contributed by atoms with Crippen molar-refractivity contribution in [3.63, 3.8) is 0 Å². The van der Waals surface area contributed by atoms with Crippen LogP contribution in [0, 0.1) is 6.92 Å². The first-order valence-corrected chi connectivity index (χ1v) is 10.8. The summed E-state index contributed by atoms with van der Waals surface area (Å²) in [4.78, 5) is 4.97. The molecule has 2 heterocycles. The van der Waals surface area contributed by atoms with Gasteiger partial charge in [0.1, 0.15) is 11.5 Å². The van der Waals surface area contributed by atoms with Crippen LogP contribution in [0.2, 0.25) is 0 Å². The Bertz CT molecular complexity index is 1340. The Kier molecular flexibility index (Phi) is 5.29. The van der Waals surface area contributed by atoms with E-state index in [4.69, 9.17) is 4.98 Å². The third-order valence-electron chi connectivity index (χ3n) is 5.97. The summed E-state index contributed by atoms with van der Waals surface area (Å²) >= 11 is 0. The largest absolute Gasteiger partial charge is 0.330 e. The zero-order valence-corrected chi connectivity index (χ0v) is 18.5. The number of benzene rings is 3. The molecule has 0 saturated carbocycles. The average molecular weight is 423 g/mol. The van der Waals surface area contributed by atoms with Crippen LogP contribution in [0.1, 0.15) is 41.8 Å². The van der Waals surface area contributed by atoms with E-state index in [9.17, 15) is 0 Å². The maximum absolute atomic E-state index is 4.97. The van der Waals surface area contributed by atoms with Crippen LogP contribution in [-0.2, 0) is 7.05 Å². The zero-order valence-electron chi connectivity index (χ0n) is 18.5. The molecule has 5 rings (SSSR count).